The van der Waals surface area contributed by atoms with E-state index in [1.807, 2.05) is 0 Å². The maximum atomic E-state index is 12.7. The average molecular weight is 468 g/mol. The molecule has 0 bridgehead atoms. The SMILES string of the molecule is CN(C)S(=O)(=O)c1ccc(Cl)c(C(=O)OCCSc2cccc(C(F)(F)F)c2)c1. The van der Waals surface area contributed by atoms with Gasteiger partial charge in [0.25, 0.3) is 0 Å². The summed E-state index contributed by atoms with van der Waals surface area (Å²) in [5.41, 5.74) is -0.871. The fourth-order valence-corrected chi connectivity index (χ4v) is 4.08. The van der Waals surface area contributed by atoms with Crippen LogP contribution in [-0.4, -0.2) is 45.1 Å². The van der Waals surface area contributed by atoms with Crippen molar-refractivity contribution in [2.24, 2.45) is 0 Å². The third-order valence-electron chi connectivity index (χ3n) is 3.68. The fraction of sp³-hybridized carbons (Fsp3) is 0.278. The van der Waals surface area contributed by atoms with Gasteiger partial charge in [0.15, 0.2) is 0 Å². The number of halogens is 4. The molecule has 0 amide bonds. The Bertz CT molecular complexity index is 995. The first-order chi connectivity index (χ1) is 13.4. The second-order valence-electron chi connectivity index (χ2n) is 5.94. The van der Waals surface area contributed by atoms with E-state index < -0.39 is 27.7 Å². The highest BCUT2D eigenvalue weighted by Crippen LogP contribution is 2.32. The van der Waals surface area contributed by atoms with Crippen LogP contribution >= 0.6 is 23.4 Å². The molecule has 0 aromatic heterocycles. The van der Waals surface area contributed by atoms with E-state index in [9.17, 15) is 26.4 Å². The largest absolute Gasteiger partial charge is 0.461 e. The molecule has 5 nitrogen and oxygen atoms in total. The zero-order valence-electron chi connectivity index (χ0n) is 15.4. The van der Waals surface area contributed by atoms with Crippen LogP contribution in [0.3, 0.4) is 0 Å². The molecular weight excluding hydrogens is 451 g/mol. The molecule has 0 heterocycles. The van der Waals surface area contributed by atoms with Crippen LogP contribution in [0.2, 0.25) is 5.02 Å². The van der Waals surface area contributed by atoms with Crippen molar-refractivity contribution in [3.05, 3.63) is 58.6 Å². The minimum Gasteiger partial charge on any atom is -0.461 e. The van der Waals surface area contributed by atoms with Crippen LogP contribution < -0.4 is 0 Å². The summed E-state index contributed by atoms with van der Waals surface area (Å²) in [6.45, 7) is -0.0965. The number of thioether (sulfide) groups is 1. The Kier molecular flexibility index (Phi) is 7.61. The van der Waals surface area contributed by atoms with Gasteiger partial charge in [-0.05, 0) is 36.4 Å². The zero-order chi connectivity index (χ0) is 21.8. The van der Waals surface area contributed by atoms with Crippen LogP contribution in [0.1, 0.15) is 15.9 Å². The van der Waals surface area contributed by atoms with Gasteiger partial charge in [0.2, 0.25) is 10.0 Å². The first-order valence-electron chi connectivity index (χ1n) is 8.12. The lowest BCUT2D eigenvalue weighted by atomic mass is 10.2. The number of benzene rings is 2. The number of sulfonamides is 1. The van der Waals surface area contributed by atoms with Crippen LogP contribution in [0.15, 0.2) is 52.3 Å². The van der Waals surface area contributed by atoms with Crippen LogP contribution in [0, 0.1) is 0 Å². The lowest BCUT2D eigenvalue weighted by Gasteiger charge is -2.13. The summed E-state index contributed by atoms with van der Waals surface area (Å²) in [5.74, 6) is -0.615. The highest BCUT2D eigenvalue weighted by atomic mass is 35.5. The summed E-state index contributed by atoms with van der Waals surface area (Å²) in [4.78, 5) is 12.5. The Morgan fingerprint density at radius 3 is 2.48 bits per heavy atom. The third-order valence-corrected chi connectivity index (χ3v) is 6.78. The minimum absolute atomic E-state index is 0.0261. The van der Waals surface area contributed by atoms with Crippen LogP contribution in [0.4, 0.5) is 13.2 Å². The van der Waals surface area contributed by atoms with Crippen molar-refractivity contribution in [1.82, 2.24) is 4.31 Å². The lowest BCUT2D eigenvalue weighted by Crippen LogP contribution is -2.22. The smallest absolute Gasteiger partial charge is 0.416 e. The van der Waals surface area contributed by atoms with E-state index in [0.29, 0.717) is 4.90 Å². The molecule has 11 heteroatoms. The van der Waals surface area contributed by atoms with Gasteiger partial charge in [-0.25, -0.2) is 17.5 Å². The van der Waals surface area contributed by atoms with Crippen molar-refractivity contribution in [3.8, 4) is 0 Å². The molecule has 0 aliphatic carbocycles. The van der Waals surface area contributed by atoms with E-state index in [1.165, 1.54) is 38.4 Å². The molecule has 0 aliphatic heterocycles. The molecule has 0 spiro atoms. The van der Waals surface area contributed by atoms with E-state index in [1.54, 1.807) is 0 Å². The predicted molar refractivity (Wildman–Crippen MR) is 105 cm³/mol. The van der Waals surface area contributed by atoms with Crippen LogP contribution in [0.5, 0.6) is 0 Å². The van der Waals surface area contributed by atoms with Crippen LogP contribution in [0.25, 0.3) is 0 Å². The number of alkyl halides is 3. The molecule has 0 saturated carbocycles. The minimum atomic E-state index is -4.43. The Hall–Kier alpha value is -1.75. The molecule has 0 unspecified atom stereocenters. The number of rotatable bonds is 7. The van der Waals surface area contributed by atoms with E-state index >= 15 is 0 Å². The summed E-state index contributed by atoms with van der Waals surface area (Å²) in [5, 5.41) is 0.0261. The van der Waals surface area contributed by atoms with Gasteiger partial charge in [0, 0.05) is 24.7 Å². The standard InChI is InChI=1S/C18H17ClF3NO4S2/c1-23(2)29(25,26)14-6-7-16(19)15(11-14)17(24)27-8-9-28-13-5-3-4-12(10-13)18(20,21)22/h3-7,10-11H,8-9H2,1-2H3. The molecule has 158 valence electrons. The van der Waals surface area contributed by atoms with Gasteiger partial charge >= 0.3 is 12.1 Å². The lowest BCUT2D eigenvalue weighted by molar-refractivity contribution is -0.137. The Morgan fingerprint density at radius 2 is 1.86 bits per heavy atom. The van der Waals surface area contributed by atoms with Crippen molar-refractivity contribution in [3.63, 3.8) is 0 Å². The molecule has 0 aliphatic rings. The predicted octanol–water partition coefficient (Wildman–Crippen LogP) is 4.56. The normalized spacial score (nSPS) is 12.2. The fourth-order valence-electron chi connectivity index (χ4n) is 2.17. The quantitative estimate of drug-likeness (QED) is 0.339. The van der Waals surface area contributed by atoms with Crippen molar-refractivity contribution in [2.45, 2.75) is 16.0 Å². The highest BCUT2D eigenvalue weighted by Gasteiger charge is 2.30. The summed E-state index contributed by atoms with van der Waals surface area (Å²) < 4.78 is 68.6. The monoisotopic (exact) mass is 467 g/mol. The van der Waals surface area contributed by atoms with E-state index in [4.69, 9.17) is 16.3 Å². The summed E-state index contributed by atoms with van der Waals surface area (Å²) >= 11 is 7.06. The van der Waals surface area contributed by atoms with Gasteiger partial charge < -0.3 is 4.74 Å². The molecule has 0 radical (unpaired) electrons. The summed E-state index contributed by atoms with van der Waals surface area (Å²) in [6, 6.07) is 8.49. The molecular formula is C18H17ClF3NO4S2. The number of hydrogen-bond donors (Lipinski definition) is 0. The first kappa shape index (κ1) is 23.5. The zero-order valence-corrected chi connectivity index (χ0v) is 17.8. The Labute approximate surface area is 175 Å². The number of ether oxygens (including phenoxy) is 1. The maximum absolute atomic E-state index is 12.7. The van der Waals surface area contributed by atoms with E-state index in [2.05, 4.69) is 0 Å². The maximum Gasteiger partial charge on any atom is 0.416 e. The molecule has 0 saturated heterocycles. The van der Waals surface area contributed by atoms with E-state index in [-0.39, 0.29) is 27.8 Å². The number of carbonyl (C=O) groups is 1. The number of carbonyl (C=O) groups excluding carboxylic acids is 1. The topological polar surface area (TPSA) is 63.7 Å². The Balaban J connectivity index is 2.00. The molecule has 2 rings (SSSR count). The van der Waals surface area contributed by atoms with Gasteiger partial charge in [0.1, 0.15) is 6.61 Å². The first-order valence-corrected chi connectivity index (χ1v) is 10.9. The molecule has 0 fully saturated rings. The second-order valence-corrected chi connectivity index (χ2v) is 9.67. The van der Waals surface area contributed by atoms with E-state index in [0.717, 1.165) is 34.3 Å². The second kappa shape index (κ2) is 9.38. The third kappa shape index (κ3) is 6.11. The molecule has 0 atom stereocenters. The van der Waals surface area contributed by atoms with Gasteiger partial charge in [-0.15, -0.1) is 11.8 Å². The van der Waals surface area contributed by atoms with Gasteiger partial charge in [-0.1, -0.05) is 17.7 Å². The molecule has 29 heavy (non-hydrogen) atoms. The van der Waals surface area contributed by atoms with Gasteiger partial charge in [-0.2, -0.15) is 13.2 Å². The van der Waals surface area contributed by atoms with Gasteiger partial charge in [-0.3, -0.25) is 0 Å². The summed E-state index contributed by atoms with van der Waals surface area (Å²) in [6.07, 6.45) is -4.43. The Morgan fingerprint density at radius 1 is 1.17 bits per heavy atom. The number of hydrogen-bond acceptors (Lipinski definition) is 5. The number of esters is 1. The van der Waals surface area contributed by atoms with Crippen molar-refractivity contribution < 1.29 is 31.1 Å². The highest BCUT2D eigenvalue weighted by molar-refractivity contribution is 7.99. The molecule has 0 N–H and O–H groups in total. The van der Waals surface area contributed by atoms with Crippen molar-refractivity contribution >= 4 is 39.4 Å². The molecule has 2 aromatic carbocycles. The average Bonchev–Trinajstić information content (AvgIpc) is 2.64. The molecule has 2 aromatic rings. The van der Waals surface area contributed by atoms with Crippen LogP contribution in [-0.2, 0) is 20.9 Å². The van der Waals surface area contributed by atoms with Crippen molar-refractivity contribution in [2.75, 3.05) is 26.5 Å². The summed E-state index contributed by atoms with van der Waals surface area (Å²) in [7, 11) is -1.05. The van der Waals surface area contributed by atoms with Crippen molar-refractivity contribution in [1.29, 1.82) is 0 Å². The van der Waals surface area contributed by atoms with Gasteiger partial charge in [0.05, 0.1) is 21.0 Å². The number of nitrogens with zero attached hydrogens (tertiary/aromatic N) is 1.